The van der Waals surface area contributed by atoms with E-state index in [1.54, 1.807) is 12.4 Å². The number of hydrogen-bond acceptors (Lipinski definition) is 4. The van der Waals surface area contributed by atoms with E-state index < -0.39 is 0 Å². The van der Waals surface area contributed by atoms with Gasteiger partial charge in [0.15, 0.2) is 11.5 Å². The van der Waals surface area contributed by atoms with Crippen LogP contribution in [0.4, 0.5) is 0 Å². The number of fused-ring (bicyclic) bond motifs is 2. The minimum absolute atomic E-state index is 0.666. The van der Waals surface area contributed by atoms with E-state index in [0.717, 1.165) is 21.8 Å². The lowest BCUT2D eigenvalue weighted by Crippen LogP contribution is -2.08. The molecule has 138 valence electrons. The highest BCUT2D eigenvalue weighted by atomic mass is 16.7. The third kappa shape index (κ3) is 2.95. The molecule has 0 saturated heterocycles. The molecule has 2 aromatic heterocycles. The van der Waals surface area contributed by atoms with Crippen LogP contribution in [0.15, 0.2) is 73.1 Å². The normalized spacial score (nSPS) is 11.2. The first-order chi connectivity index (χ1) is 13.7. The second kappa shape index (κ2) is 6.42. The van der Waals surface area contributed by atoms with Crippen molar-refractivity contribution in [3.8, 4) is 11.5 Å². The molecule has 0 unspecified atom stereocenters. The predicted octanol–water partition coefficient (Wildman–Crippen LogP) is 4.69. The van der Waals surface area contributed by atoms with Crippen molar-refractivity contribution < 1.29 is 9.68 Å². The van der Waals surface area contributed by atoms with Crippen LogP contribution in [0.3, 0.4) is 0 Å². The van der Waals surface area contributed by atoms with Crippen molar-refractivity contribution in [1.29, 1.82) is 0 Å². The van der Waals surface area contributed by atoms with Crippen molar-refractivity contribution in [3.05, 3.63) is 84.2 Å². The Morgan fingerprint density at radius 1 is 0.607 bits per heavy atom. The first kappa shape index (κ1) is 16.4. The summed E-state index contributed by atoms with van der Waals surface area (Å²) in [6.07, 6.45) is 3.59. The Hall–Kier alpha value is -3.80. The summed E-state index contributed by atoms with van der Waals surface area (Å²) in [4.78, 5) is 14.8. The standard InChI is InChI=1S/C22H18N4O2/c1-15-3-9-21-17(11-15)13-23-25(21)27-19-5-7-20(8-6-19)28-26-22-10-4-16(2)12-18(22)14-24-26/h3-14H,1-2H3. The Balaban J connectivity index is 1.36. The number of benzene rings is 3. The molecule has 0 fully saturated rings. The number of rotatable bonds is 4. The van der Waals surface area contributed by atoms with Gasteiger partial charge in [-0.05, 0) is 62.4 Å². The van der Waals surface area contributed by atoms with Crippen molar-refractivity contribution in [3.63, 3.8) is 0 Å². The van der Waals surface area contributed by atoms with Gasteiger partial charge in [-0.3, -0.25) is 0 Å². The summed E-state index contributed by atoms with van der Waals surface area (Å²) in [7, 11) is 0. The molecule has 0 amide bonds. The third-order valence-electron chi connectivity index (χ3n) is 4.59. The quantitative estimate of drug-likeness (QED) is 0.461. The van der Waals surface area contributed by atoms with Crippen LogP contribution in [-0.4, -0.2) is 19.9 Å². The number of aromatic nitrogens is 4. The van der Waals surface area contributed by atoms with Gasteiger partial charge in [0.25, 0.3) is 0 Å². The highest BCUT2D eigenvalue weighted by Gasteiger charge is 2.07. The molecule has 5 rings (SSSR count). The molecule has 6 nitrogen and oxygen atoms in total. The van der Waals surface area contributed by atoms with E-state index in [9.17, 15) is 0 Å². The first-order valence-corrected chi connectivity index (χ1v) is 9.01. The maximum absolute atomic E-state index is 5.87. The SMILES string of the molecule is Cc1ccc2c(cnn2Oc2ccc(On3ncc4cc(C)ccc43)cc2)c1. The zero-order valence-corrected chi connectivity index (χ0v) is 15.5. The van der Waals surface area contributed by atoms with E-state index in [4.69, 9.17) is 9.68 Å². The molecule has 6 heteroatoms. The molecule has 0 radical (unpaired) electrons. The van der Waals surface area contributed by atoms with E-state index in [1.807, 2.05) is 48.5 Å². The fraction of sp³-hybridized carbons (Fsp3) is 0.0909. The van der Waals surface area contributed by atoms with Gasteiger partial charge in [-0.15, -0.1) is 10.2 Å². The molecule has 2 heterocycles. The van der Waals surface area contributed by atoms with Crippen LogP contribution in [0.25, 0.3) is 21.8 Å². The number of hydrogen-bond donors (Lipinski definition) is 0. The topological polar surface area (TPSA) is 54.1 Å². The third-order valence-corrected chi connectivity index (χ3v) is 4.59. The van der Waals surface area contributed by atoms with E-state index in [2.05, 4.69) is 36.2 Å². The van der Waals surface area contributed by atoms with Gasteiger partial charge in [0.2, 0.25) is 0 Å². The van der Waals surface area contributed by atoms with Gasteiger partial charge in [-0.25, -0.2) is 0 Å². The summed E-state index contributed by atoms with van der Waals surface area (Å²) in [5.74, 6) is 1.33. The fourth-order valence-corrected chi connectivity index (χ4v) is 3.16. The predicted molar refractivity (Wildman–Crippen MR) is 107 cm³/mol. The molecule has 0 aliphatic heterocycles. The van der Waals surface area contributed by atoms with Crippen molar-refractivity contribution in [2.75, 3.05) is 0 Å². The van der Waals surface area contributed by atoms with Crippen LogP contribution in [-0.2, 0) is 0 Å². The molecule has 3 aromatic carbocycles. The lowest BCUT2D eigenvalue weighted by Gasteiger charge is -2.08. The fourth-order valence-electron chi connectivity index (χ4n) is 3.16. The van der Waals surface area contributed by atoms with Gasteiger partial charge >= 0.3 is 0 Å². The maximum Gasteiger partial charge on any atom is 0.158 e. The molecule has 0 bridgehead atoms. The average molecular weight is 370 g/mol. The van der Waals surface area contributed by atoms with Crippen LogP contribution >= 0.6 is 0 Å². The molecular weight excluding hydrogens is 352 g/mol. The summed E-state index contributed by atoms with van der Waals surface area (Å²) in [5.41, 5.74) is 4.22. The second-order valence-electron chi connectivity index (χ2n) is 6.81. The van der Waals surface area contributed by atoms with Crippen molar-refractivity contribution in [2.24, 2.45) is 0 Å². The Morgan fingerprint density at radius 2 is 1.04 bits per heavy atom. The molecule has 0 N–H and O–H groups in total. The molecule has 0 atom stereocenters. The first-order valence-electron chi connectivity index (χ1n) is 9.01. The Bertz CT molecular complexity index is 1180. The van der Waals surface area contributed by atoms with E-state index in [-0.39, 0.29) is 0 Å². The van der Waals surface area contributed by atoms with E-state index in [0.29, 0.717) is 11.5 Å². The number of nitrogens with zero attached hydrogens (tertiary/aromatic N) is 4. The van der Waals surface area contributed by atoms with Crippen molar-refractivity contribution in [1.82, 2.24) is 19.9 Å². The number of aryl methyl sites for hydroxylation is 2. The van der Waals surface area contributed by atoms with Crippen LogP contribution in [0.2, 0.25) is 0 Å². The zero-order valence-electron chi connectivity index (χ0n) is 15.5. The van der Waals surface area contributed by atoms with Crippen LogP contribution in [0, 0.1) is 13.8 Å². The molecule has 0 aliphatic rings. The van der Waals surface area contributed by atoms with E-state index >= 15 is 0 Å². The molecular formula is C22H18N4O2. The van der Waals surface area contributed by atoms with Crippen molar-refractivity contribution >= 4 is 21.8 Å². The largest absolute Gasteiger partial charge is 0.357 e. The smallest absolute Gasteiger partial charge is 0.158 e. The summed E-state index contributed by atoms with van der Waals surface area (Å²) < 4.78 is 0. The van der Waals surface area contributed by atoms with Gasteiger partial charge in [-0.1, -0.05) is 32.9 Å². The summed E-state index contributed by atoms with van der Waals surface area (Å²) in [6, 6.07) is 19.6. The zero-order chi connectivity index (χ0) is 19.1. The van der Waals surface area contributed by atoms with Gasteiger partial charge in [0.05, 0.1) is 12.4 Å². The second-order valence-corrected chi connectivity index (χ2v) is 6.81. The molecule has 0 spiro atoms. The minimum Gasteiger partial charge on any atom is -0.357 e. The molecule has 0 aliphatic carbocycles. The lowest BCUT2D eigenvalue weighted by molar-refractivity contribution is 0.184. The monoisotopic (exact) mass is 370 g/mol. The molecule has 0 saturated carbocycles. The summed E-state index contributed by atoms with van der Waals surface area (Å²) in [6.45, 7) is 4.11. The summed E-state index contributed by atoms with van der Waals surface area (Å²) in [5, 5.41) is 10.7. The van der Waals surface area contributed by atoms with Crippen LogP contribution in [0.5, 0.6) is 11.5 Å². The Morgan fingerprint density at radius 3 is 1.46 bits per heavy atom. The van der Waals surface area contributed by atoms with Crippen LogP contribution in [0.1, 0.15) is 11.1 Å². The highest BCUT2D eigenvalue weighted by molar-refractivity contribution is 5.79. The Kier molecular flexibility index (Phi) is 3.76. The van der Waals surface area contributed by atoms with E-state index in [1.165, 1.54) is 20.8 Å². The highest BCUT2D eigenvalue weighted by Crippen LogP contribution is 2.22. The van der Waals surface area contributed by atoms with Crippen LogP contribution < -0.4 is 9.68 Å². The van der Waals surface area contributed by atoms with Gasteiger partial charge in [0, 0.05) is 10.8 Å². The van der Waals surface area contributed by atoms with Crippen molar-refractivity contribution in [2.45, 2.75) is 13.8 Å². The van der Waals surface area contributed by atoms with Gasteiger partial charge in [-0.2, -0.15) is 0 Å². The Labute approximate surface area is 161 Å². The van der Waals surface area contributed by atoms with Gasteiger partial charge < -0.3 is 9.68 Å². The maximum atomic E-state index is 5.87. The lowest BCUT2D eigenvalue weighted by atomic mass is 10.2. The molecule has 28 heavy (non-hydrogen) atoms. The summed E-state index contributed by atoms with van der Waals surface area (Å²) >= 11 is 0. The molecule has 5 aromatic rings. The minimum atomic E-state index is 0.666. The van der Waals surface area contributed by atoms with Gasteiger partial charge in [0.1, 0.15) is 11.0 Å². The average Bonchev–Trinajstić information content (AvgIpc) is 3.27.